The number of pyridine rings is 1. The molecule has 31 heavy (non-hydrogen) atoms. The molecule has 0 spiro atoms. The Hall–Kier alpha value is -2.12. The van der Waals surface area contributed by atoms with Crippen LogP contribution in [0.25, 0.3) is 10.9 Å². The Morgan fingerprint density at radius 1 is 1.29 bits per heavy atom. The molecule has 2 aromatic rings. The third-order valence-corrected chi connectivity index (χ3v) is 5.82. The number of fused-ring (bicyclic) bond motifs is 4. The molecule has 10 nitrogen and oxygen atoms in total. The summed E-state index contributed by atoms with van der Waals surface area (Å²) >= 11 is 0. The summed E-state index contributed by atoms with van der Waals surface area (Å²) in [4.78, 5) is 6.86. The lowest BCUT2D eigenvalue weighted by atomic mass is 9.73. The molecule has 1 aromatic carbocycles. The molecule has 1 aromatic heterocycles. The van der Waals surface area contributed by atoms with Crippen LogP contribution in [0.1, 0.15) is 24.5 Å². The molecule has 3 aliphatic rings. The fraction of sp³-hybridized carbons (Fsp3) is 0.450. The van der Waals surface area contributed by atoms with E-state index in [2.05, 4.69) is 22.5 Å². The lowest BCUT2D eigenvalue weighted by Crippen LogP contribution is -2.54. The van der Waals surface area contributed by atoms with Crippen molar-refractivity contribution in [1.82, 2.24) is 9.88 Å². The van der Waals surface area contributed by atoms with Crippen molar-refractivity contribution in [2.45, 2.75) is 25.0 Å². The number of nitrogens with zero attached hydrogens (tertiary/aromatic N) is 2. The second-order valence-corrected chi connectivity index (χ2v) is 8.32. The number of methoxy groups -OCH3 is 1. The lowest BCUT2D eigenvalue weighted by molar-refractivity contribution is -0.0444. The van der Waals surface area contributed by atoms with Gasteiger partial charge in [0, 0.05) is 24.2 Å². The molecule has 2 unspecified atom stereocenters. The summed E-state index contributed by atoms with van der Waals surface area (Å²) in [6, 6.07) is 7.96. The highest BCUT2D eigenvalue weighted by Gasteiger charge is 2.42. The van der Waals surface area contributed by atoms with E-state index in [1.807, 2.05) is 24.3 Å². The largest absolute Gasteiger partial charge is 0.497 e. The van der Waals surface area contributed by atoms with Crippen molar-refractivity contribution in [3.8, 4) is 5.75 Å². The van der Waals surface area contributed by atoms with E-state index in [0.29, 0.717) is 11.8 Å². The minimum atomic E-state index is -4.67. The molecule has 3 fully saturated rings. The molecule has 4 heterocycles. The van der Waals surface area contributed by atoms with Gasteiger partial charge in [-0.25, -0.2) is 0 Å². The van der Waals surface area contributed by atoms with Gasteiger partial charge < -0.3 is 20.8 Å². The number of aliphatic hydroxyl groups excluding tert-OH is 1. The van der Waals surface area contributed by atoms with Crippen molar-refractivity contribution in [3.05, 3.63) is 48.7 Å². The van der Waals surface area contributed by atoms with Gasteiger partial charge in [0.1, 0.15) is 5.75 Å². The maximum Gasteiger partial charge on any atom is 0.394 e. The monoisotopic (exact) mass is 458 g/mol. The Kier molecular flexibility index (Phi) is 9.51. The highest BCUT2D eigenvalue weighted by molar-refractivity contribution is 7.79. The molecule has 3 saturated heterocycles. The van der Waals surface area contributed by atoms with Crippen LogP contribution >= 0.6 is 0 Å². The maximum absolute atomic E-state index is 11.2. The highest BCUT2D eigenvalue weighted by Crippen LogP contribution is 2.42. The molecule has 7 N–H and O–H groups in total. The molecule has 2 bridgehead atoms. The van der Waals surface area contributed by atoms with E-state index in [1.54, 1.807) is 13.3 Å². The SMILES string of the molecule is C=C[C@@H]1CN2CCC1C[C@@H]2[C@H](O)c1ccnc2ccc(OC)cc12.O.O.O=S(=O)(O)O. The van der Waals surface area contributed by atoms with Crippen LogP contribution in [-0.4, -0.2) is 69.7 Å². The van der Waals surface area contributed by atoms with Crippen LogP contribution in [0.5, 0.6) is 5.75 Å². The van der Waals surface area contributed by atoms with E-state index in [4.69, 9.17) is 22.3 Å². The van der Waals surface area contributed by atoms with Gasteiger partial charge in [-0.05, 0) is 61.1 Å². The second kappa shape index (κ2) is 11.0. The predicted octanol–water partition coefficient (Wildman–Crippen LogP) is 0.871. The van der Waals surface area contributed by atoms with E-state index in [9.17, 15) is 5.11 Å². The summed E-state index contributed by atoms with van der Waals surface area (Å²) in [5.41, 5.74) is 1.85. The van der Waals surface area contributed by atoms with E-state index in [1.165, 1.54) is 6.42 Å². The zero-order valence-electron chi connectivity index (χ0n) is 17.2. The number of aliphatic hydroxyl groups is 1. The molecule has 5 rings (SSSR count). The van der Waals surface area contributed by atoms with E-state index in [0.717, 1.165) is 41.7 Å². The van der Waals surface area contributed by atoms with Gasteiger partial charge in [0.25, 0.3) is 0 Å². The number of ether oxygens (including phenoxy) is 1. The van der Waals surface area contributed by atoms with Gasteiger partial charge >= 0.3 is 10.4 Å². The fourth-order valence-corrected chi connectivity index (χ4v) is 4.44. The molecule has 5 atom stereocenters. The summed E-state index contributed by atoms with van der Waals surface area (Å²) in [6.45, 7) is 6.07. The summed E-state index contributed by atoms with van der Waals surface area (Å²) in [5, 5.41) is 12.1. The molecular formula is C20H30N2O8S. The molecular weight excluding hydrogens is 428 g/mol. The number of hydrogen-bond acceptors (Lipinski definition) is 6. The van der Waals surface area contributed by atoms with Gasteiger partial charge in [-0.1, -0.05) is 6.08 Å². The third-order valence-electron chi connectivity index (χ3n) is 5.82. The second-order valence-electron chi connectivity index (χ2n) is 7.42. The van der Waals surface area contributed by atoms with Crippen LogP contribution in [0.4, 0.5) is 0 Å². The first-order chi connectivity index (χ1) is 13.7. The standard InChI is InChI=1S/C20H24N2O2.H2O4S.2H2O/c1-3-13-12-22-9-7-14(13)10-19(22)20(23)16-6-8-21-18-5-4-15(24-2)11-17(16)18;1-5(2,3)4;;/h3-6,8,11,13-14,19-20,23H,1,7,9-10,12H2,2H3;(H2,1,2,3,4);2*1H2/t13-,14?,19-,20-;;;/m1.../s1. The highest BCUT2D eigenvalue weighted by atomic mass is 32.3. The Morgan fingerprint density at radius 2 is 1.97 bits per heavy atom. The Bertz CT molecular complexity index is 976. The molecule has 0 radical (unpaired) electrons. The number of benzene rings is 1. The summed E-state index contributed by atoms with van der Waals surface area (Å²) < 4.78 is 36.9. The topological polar surface area (TPSA) is 183 Å². The maximum atomic E-state index is 11.2. The minimum Gasteiger partial charge on any atom is -0.497 e. The van der Waals surface area contributed by atoms with Crippen LogP contribution in [-0.2, 0) is 10.4 Å². The Balaban J connectivity index is 0.000000622. The van der Waals surface area contributed by atoms with E-state index >= 15 is 0 Å². The molecule has 0 amide bonds. The van der Waals surface area contributed by atoms with Crippen molar-refractivity contribution in [1.29, 1.82) is 0 Å². The van der Waals surface area contributed by atoms with Crippen LogP contribution in [0.3, 0.4) is 0 Å². The third kappa shape index (κ3) is 6.43. The Labute approximate surface area is 181 Å². The minimum absolute atomic E-state index is 0. The van der Waals surface area contributed by atoms with Crippen molar-refractivity contribution in [2.75, 3.05) is 20.2 Å². The first-order valence-electron chi connectivity index (χ1n) is 9.38. The van der Waals surface area contributed by atoms with Crippen LogP contribution in [0, 0.1) is 11.8 Å². The van der Waals surface area contributed by atoms with Gasteiger partial charge in [-0.15, -0.1) is 6.58 Å². The van der Waals surface area contributed by atoms with Crippen LogP contribution in [0.2, 0.25) is 0 Å². The molecule has 11 heteroatoms. The van der Waals surface area contributed by atoms with E-state index < -0.39 is 16.5 Å². The smallest absolute Gasteiger partial charge is 0.394 e. The van der Waals surface area contributed by atoms with Crippen molar-refractivity contribution in [3.63, 3.8) is 0 Å². The average molecular weight is 459 g/mol. The zero-order chi connectivity index (χ0) is 21.2. The number of hydrogen-bond donors (Lipinski definition) is 3. The van der Waals surface area contributed by atoms with Gasteiger partial charge in [0.2, 0.25) is 0 Å². The van der Waals surface area contributed by atoms with Crippen molar-refractivity contribution >= 4 is 21.3 Å². The van der Waals surface area contributed by atoms with Crippen LogP contribution in [0.15, 0.2) is 43.1 Å². The number of aromatic nitrogens is 1. The molecule has 0 saturated carbocycles. The number of piperidine rings is 3. The van der Waals surface area contributed by atoms with E-state index in [-0.39, 0.29) is 17.0 Å². The lowest BCUT2D eigenvalue weighted by Gasteiger charge is -2.50. The summed E-state index contributed by atoms with van der Waals surface area (Å²) in [6.07, 6.45) is 5.62. The number of rotatable bonds is 4. The first kappa shape index (κ1) is 26.9. The molecule has 174 valence electrons. The van der Waals surface area contributed by atoms with Crippen LogP contribution < -0.4 is 4.74 Å². The van der Waals surface area contributed by atoms with Gasteiger partial charge in [-0.3, -0.25) is 19.0 Å². The summed E-state index contributed by atoms with van der Waals surface area (Å²) in [7, 11) is -3.01. The Morgan fingerprint density at radius 3 is 2.52 bits per heavy atom. The van der Waals surface area contributed by atoms with Gasteiger partial charge in [0.15, 0.2) is 0 Å². The van der Waals surface area contributed by atoms with Crippen molar-refractivity contribution in [2.24, 2.45) is 11.8 Å². The zero-order valence-corrected chi connectivity index (χ0v) is 18.0. The molecule has 3 aliphatic heterocycles. The average Bonchev–Trinajstić information content (AvgIpc) is 2.71. The quantitative estimate of drug-likeness (QED) is 0.445. The van der Waals surface area contributed by atoms with Crippen molar-refractivity contribution < 1.29 is 38.3 Å². The normalized spacial score (nSPS) is 25.3. The molecule has 0 aliphatic carbocycles. The fourth-order valence-electron chi connectivity index (χ4n) is 4.44. The first-order valence-corrected chi connectivity index (χ1v) is 10.8. The predicted molar refractivity (Wildman–Crippen MR) is 116 cm³/mol. The van der Waals surface area contributed by atoms with Gasteiger partial charge in [-0.2, -0.15) is 8.42 Å². The van der Waals surface area contributed by atoms with Gasteiger partial charge in [0.05, 0.1) is 18.7 Å². The summed E-state index contributed by atoms with van der Waals surface area (Å²) in [5.74, 6) is 2.01.